The van der Waals surface area contributed by atoms with Crippen LogP contribution in [0, 0.1) is 0 Å². The first-order chi connectivity index (χ1) is 14.1. The summed E-state index contributed by atoms with van der Waals surface area (Å²) in [5.74, 6) is -0.620. The van der Waals surface area contributed by atoms with Crippen LogP contribution in [0.2, 0.25) is 0 Å². The van der Waals surface area contributed by atoms with Gasteiger partial charge in [-0.1, -0.05) is 74.0 Å². The van der Waals surface area contributed by atoms with Crippen molar-refractivity contribution in [2.24, 2.45) is 0 Å². The molecule has 0 spiro atoms. The lowest BCUT2D eigenvalue weighted by molar-refractivity contribution is -0.125. The molecule has 1 atom stereocenters. The van der Waals surface area contributed by atoms with Gasteiger partial charge in [-0.25, -0.2) is 0 Å². The molecule has 0 aromatic heterocycles. The maximum atomic E-state index is 12.7. The first-order valence-corrected chi connectivity index (χ1v) is 10.5. The van der Waals surface area contributed by atoms with Crippen LogP contribution in [0.4, 0.5) is 4.79 Å². The number of thioether (sulfide) groups is 1. The monoisotopic (exact) mass is 408 g/mol. The number of nitrogens with one attached hydrogen (secondary N) is 1. The molecule has 6 heteroatoms. The highest BCUT2D eigenvalue weighted by atomic mass is 32.2. The number of hydrogen-bond donors (Lipinski definition) is 1. The van der Waals surface area contributed by atoms with Crippen LogP contribution in [-0.2, 0) is 9.59 Å². The van der Waals surface area contributed by atoms with Gasteiger partial charge in [0.15, 0.2) is 0 Å². The minimum absolute atomic E-state index is 0.0788. The summed E-state index contributed by atoms with van der Waals surface area (Å²) in [7, 11) is 0. The summed E-state index contributed by atoms with van der Waals surface area (Å²) < 4.78 is 0. The molecule has 3 amide bonds. The highest BCUT2D eigenvalue weighted by Gasteiger charge is 2.34. The van der Waals surface area contributed by atoms with Crippen molar-refractivity contribution in [3.8, 4) is 0 Å². The van der Waals surface area contributed by atoms with Crippen molar-refractivity contribution in [1.29, 1.82) is 0 Å². The molecule has 0 bridgehead atoms. The van der Waals surface area contributed by atoms with Gasteiger partial charge < -0.3 is 5.32 Å². The Bertz CT molecular complexity index is 897. The fourth-order valence-corrected chi connectivity index (χ4v) is 4.10. The van der Waals surface area contributed by atoms with E-state index in [0.717, 1.165) is 35.7 Å². The molecule has 1 fully saturated rings. The number of benzene rings is 2. The van der Waals surface area contributed by atoms with Crippen LogP contribution in [0.1, 0.15) is 36.8 Å². The largest absolute Gasteiger partial charge is 0.354 e. The minimum Gasteiger partial charge on any atom is -0.354 e. The average Bonchev–Trinajstić information content (AvgIpc) is 3.00. The first kappa shape index (κ1) is 20.9. The average molecular weight is 409 g/mol. The second-order valence-electron chi connectivity index (χ2n) is 6.79. The molecule has 0 aliphatic carbocycles. The van der Waals surface area contributed by atoms with Crippen molar-refractivity contribution < 1.29 is 14.4 Å². The van der Waals surface area contributed by atoms with Crippen LogP contribution in [0.3, 0.4) is 0 Å². The smallest absolute Gasteiger partial charge is 0.293 e. The number of carbonyl (C=O) groups excluding carboxylic acids is 3. The van der Waals surface area contributed by atoms with Gasteiger partial charge in [-0.15, -0.1) is 0 Å². The number of hydrogen-bond acceptors (Lipinski definition) is 4. The maximum absolute atomic E-state index is 12.7. The number of nitrogens with zero attached hydrogens (tertiary/aromatic N) is 1. The molecule has 1 saturated heterocycles. The van der Waals surface area contributed by atoms with E-state index in [4.69, 9.17) is 0 Å². The highest BCUT2D eigenvalue weighted by molar-refractivity contribution is 8.18. The van der Waals surface area contributed by atoms with Crippen molar-refractivity contribution in [2.45, 2.75) is 25.7 Å². The van der Waals surface area contributed by atoms with Gasteiger partial charge in [-0.2, -0.15) is 0 Å². The summed E-state index contributed by atoms with van der Waals surface area (Å²) in [5, 5.41) is 2.58. The van der Waals surface area contributed by atoms with Crippen LogP contribution in [0.15, 0.2) is 65.6 Å². The summed E-state index contributed by atoms with van der Waals surface area (Å²) >= 11 is 0.933. The lowest BCUT2D eigenvalue weighted by Crippen LogP contribution is -2.38. The molecule has 1 heterocycles. The molecule has 2 aromatic carbocycles. The van der Waals surface area contributed by atoms with E-state index in [1.807, 2.05) is 67.6 Å². The summed E-state index contributed by atoms with van der Waals surface area (Å²) in [6.07, 6.45) is 3.35. The summed E-state index contributed by atoms with van der Waals surface area (Å²) in [6.45, 7) is 2.45. The molecule has 0 saturated carbocycles. The molecule has 3 rings (SSSR count). The second-order valence-corrected chi connectivity index (χ2v) is 7.78. The Morgan fingerprint density at radius 2 is 1.72 bits per heavy atom. The van der Waals surface area contributed by atoms with Crippen LogP contribution in [0.25, 0.3) is 6.08 Å². The van der Waals surface area contributed by atoms with E-state index < -0.39 is 0 Å². The minimum atomic E-state index is -0.314. The van der Waals surface area contributed by atoms with Crippen molar-refractivity contribution >= 4 is 34.9 Å². The zero-order valence-electron chi connectivity index (χ0n) is 16.3. The Hall–Kier alpha value is -2.86. The topological polar surface area (TPSA) is 66.5 Å². The molecular formula is C23H24N2O3S. The van der Waals surface area contributed by atoms with E-state index >= 15 is 0 Å². The molecule has 1 aliphatic heterocycles. The van der Waals surface area contributed by atoms with Gasteiger partial charge in [0.2, 0.25) is 5.91 Å². The zero-order valence-corrected chi connectivity index (χ0v) is 17.2. The molecule has 5 nitrogen and oxygen atoms in total. The normalized spacial score (nSPS) is 16.3. The van der Waals surface area contributed by atoms with Crippen molar-refractivity contribution in [3.63, 3.8) is 0 Å². The number of amides is 3. The predicted octanol–water partition coefficient (Wildman–Crippen LogP) is 4.42. The van der Waals surface area contributed by atoms with Gasteiger partial charge in [0.1, 0.15) is 0 Å². The van der Waals surface area contributed by atoms with Gasteiger partial charge in [-0.3, -0.25) is 19.3 Å². The molecule has 29 heavy (non-hydrogen) atoms. The molecule has 1 unspecified atom stereocenters. The first-order valence-electron chi connectivity index (χ1n) is 9.73. The van der Waals surface area contributed by atoms with Gasteiger partial charge >= 0.3 is 0 Å². The fourth-order valence-electron chi connectivity index (χ4n) is 3.23. The molecule has 1 N–H and O–H groups in total. The lowest BCUT2D eigenvalue weighted by atomic mass is 9.94. The molecule has 2 aromatic rings. The molecule has 1 aliphatic rings. The van der Waals surface area contributed by atoms with Gasteiger partial charge in [-0.05, 0) is 35.4 Å². The summed E-state index contributed by atoms with van der Waals surface area (Å²) in [5.41, 5.74) is 1.85. The Labute approximate surface area is 175 Å². The SMILES string of the molecule is CCCC(C(=O)NCCN1C(=O)S/C(=C\c2ccccc2)C1=O)c1ccccc1. The van der Waals surface area contributed by atoms with E-state index in [-0.39, 0.29) is 36.1 Å². The highest BCUT2D eigenvalue weighted by Crippen LogP contribution is 2.31. The Balaban J connectivity index is 1.58. The van der Waals surface area contributed by atoms with Crippen LogP contribution >= 0.6 is 11.8 Å². The van der Waals surface area contributed by atoms with E-state index in [0.29, 0.717) is 4.91 Å². The summed E-state index contributed by atoms with van der Waals surface area (Å²) in [4.78, 5) is 39.0. The third kappa shape index (κ3) is 5.35. The number of carbonyl (C=O) groups is 3. The Kier molecular flexibility index (Phi) is 7.25. The van der Waals surface area contributed by atoms with Gasteiger partial charge in [0.05, 0.1) is 10.8 Å². The second kappa shape index (κ2) is 10.1. The molecular weight excluding hydrogens is 384 g/mol. The van der Waals surface area contributed by atoms with Crippen molar-refractivity contribution in [1.82, 2.24) is 10.2 Å². The third-order valence-electron chi connectivity index (χ3n) is 4.70. The predicted molar refractivity (Wildman–Crippen MR) is 116 cm³/mol. The van der Waals surface area contributed by atoms with Gasteiger partial charge in [0, 0.05) is 13.1 Å². The van der Waals surface area contributed by atoms with E-state index in [1.54, 1.807) is 6.08 Å². The lowest BCUT2D eigenvalue weighted by Gasteiger charge is -2.18. The number of rotatable bonds is 8. The quantitative estimate of drug-likeness (QED) is 0.657. The van der Waals surface area contributed by atoms with Crippen molar-refractivity contribution in [2.75, 3.05) is 13.1 Å². The van der Waals surface area contributed by atoms with E-state index in [2.05, 4.69) is 5.32 Å². The molecule has 150 valence electrons. The zero-order chi connectivity index (χ0) is 20.6. The van der Waals surface area contributed by atoms with E-state index in [1.165, 1.54) is 4.90 Å². The fraction of sp³-hybridized carbons (Fsp3) is 0.261. The van der Waals surface area contributed by atoms with Crippen LogP contribution in [0.5, 0.6) is 0 Å². The maximum Gasteiger partial charge on any atom is 0.293 e. The Morgan fingerprint density at radius 3 is 2.38 bits per heavy atom. The Morgan fingerprint density at radius 1 is 1.07 bits per heavy atom. The van der Waals surface area contributed by atoms with Crippen LogP contribution in [-0.4, -0.2) is 35.0 Å². The molecule has 0 radical (unpaired) electrons. The third-order valence-corrected chi connectivity index (χ3v) is 5.61. The van der Waals surface area contributed by atoms with Crippen LogP contribution < -0.4 is 5.32 Å². The summed E-state index contributed by atoms with van der Waals surface area (Å²) in [6, 6.07) is 19.1. The number of imide groups is 1. The van der Waals surface area contributed by atoms with E-state index in [9.17, 15) is 14.4 Å². The standard InChI is InChI=1S/C23H24N2O3S/c1-2-9-19(18-12-7-4-8-13-18)21(26)24-14-15-25-22(27)20(29-23(25)28)16-17-10-5-3-6-11-17/h3-8,10-13,16,19H,2,9,14-15H2,1H3,(H,24,26)/b20-16-. The van der Waals surface area contributed by atoms with Crippen molar-refractivity contribution in [3.05, 3.63) is 76.7 Å². The van der Waals surface area contributed by atoms with Gasteiger partial charge in [0.25, 0.3) is 11.1 Å².